The Morgan fingerprint density at radius 2 is 2.04 bits per heavy atom. The number of aromatic nitrogens is 1. The number of carbonyl (C=O) groups excluding carboxylic acids is 1. The van der Waals surface area contributed by atoms with E-state index in [0.29, 0.717) is 24.9 Å². The molecule has 0 bridgehead atoms. The van der Waals surface area contributed by atoms with Gasteiger partial charge in [-0.2, -0.15) is 0 Å². The Morgan fingerprint density at radius 1 is 1.29 bits per heavy atom. The molecule has 1 aromatic heterocycles. The second-order valence-corrected chi connectivity index (χ2v) is 7.23. The highest BCUT2D eigenvalue weighted by atomic mass is 32.1. The minimum absolute atomic E-state index is 0.180. The number of thiazole rings is 1. The summed E-state index contributed by atoms with van der Waals surface area (Å²) in [4.78, 5) is 18.8. The molecule has 1 aliphatic rings. The molecule has 0 spiro atoms. The molecule has 0 saturated carbocycles. The van der Waals surface area contributed by atoms with Crippen LogP contribution in [0.2, 0.25) is 0 Å². The number of anilines is 2. The normalized spacial score (nSPS) is 13.7. The van der Waals surface area contributed by atoms with Gasteiger partial charge in [-0.3, -0.25) is 15.6 Å². The maximum atomic E-state index is 12.1. The third-order valence-corrected chi connectivity index (χ3v) is 5.06. The first-order valence-electron chi connectivity index (χ1n) is 9.00. The zero-order valence-electron chi connectivity index (χ0n) is 15.6. The number of benzene rings is 1. The van der Waals surface area contributed by atoms with Crippen molar-refractivity contribution >= 4 is 45.4 Å². The van der Waals surface area contributed by atoms with E-state index in [1.807, 2.05) is 36.6 Å². The highest BCUT2D eigenvalue weighted by Crippen LogP contribution is 2.21. The summed E-state index contributed by atoms with van der Waals surface area (Å²) < 4.78 is 10.7. The molecule has 1 aromatic carbocycles. The van der Waals surface area contributed by atoms with E-state index in [-0.39, 0.29) is 12.3 Å². The van der Waals surface area contributed by atoms with Crippen molar-refractivity contribution in [3.8, 4) is 5.75 Å². The highest BCUT2D eigenvalue weighted by Gasteiger charge is 2.15. The van der Waals surface area contributed by atoms with Crippen LogP contribution in [0, 0.1) is 0 Å². The average molecular weight is 422 g/mol. The zero-order valence-corrected chi connectivity index (χ0v) is 17.2. The Kier molecular flexibility index (Phi) is 7.40. The summed E-state index contributed by atoms with van der Waals surface area (Å²) in [5.74, 6) is 0.578. The number of hydrazine groups is 1. The van der Waals surface area contributed by atoms with Gasteiger partial charge in [0.1, 0.15) is 5.75 Å². The number of nitrogens with zero attached hydrogens (tertiary/aromatic N) is 2. The van der Waals surface area contributed by atoms with Crippen LogP contribution >= 0.6 is 23.6 Å². The summed E-state index contributed by atoms with van der Waals surface area (Å²) in [6.07, 6.45) is 0.180. The summed E-state index contributed by atoms with van der Waals surface area (Å²) in [6.45, 7) is 5.61. The van der Waals surface area contributed by atoms with Gasteiger partial charge in [0.05, 0.1) is 31.9 Å². The molecule has 2 heterocycles. The number of hydrogen-bond acceptors (Lipinski definition) is 7. The Labute approximate surface area is 173 Å². The number of carbonyl (C=O) groups is 1. The molecule has 1 amide bonds. The summed E-state index contributed by atoms with van der Waals surface area (Å²) in [5, 5.41) is 6.12. The van der Waals surface area contributed by atoms with Crippen LogP contribution in [0.4, 0.5) is 10.8 Å². The van der Waals surface area contributed by atoms with E-state index in [4.69, 9.17) is 21.7 Å². The van der Waals surface area contributed by atoms with Crippen molar-refractivity contribution in [2.45, 2.75) is 13.3 Å². The zero-order chi connectivity index (χ0) is 19.8. The van der Waals surface area contributed by atoms with Crippen LogP contribution in [0.15, 0.2) is 29.6 Å². The standard InChI is InChI=1S/C18H23N5O3S2/c1-2-26-15-5-3-13(4-6-15)19-17(27)22-21-16(24)11-14-12-28-18(20-14)23-7-9-25-10-8-23/h3-6,12H,2,7-11H2,1H3,(H,21,24)(H2,19,22,27). The molecule has 2 aromatic rings. The fourth-order valence-corrected chi connectivity index (χ4v) is 3.62. The molecule has 8 nitrogen and oxygen atoms in total. The molecule has 3 rings (SSSR count). The molecule has 0 aliphatic carbocycles. The summed E-state index contributed by atoms with van der Waals surface area (Å²) in [7, 11) is 0. The van der Waals surface area contributed by atoms with Crippen molar-refractivity contribution in [1.29, 1.82) is 0 Å². The van der Waals surface area contributed by atoms with Gasteiger partial charge in [-0.15, -0.1) is 11.3 Å². The van der Waals surface area contributed by atoms with Crippen LogP contribution in [-0.2, 0) is 16.0 Å². The molecule has 0 radical (unpaired) electrons. The smallest absolute Gasteiger partial charge is 0.244 e. The lowest BCUT2D eigenvalue weighted by Crippen LogP contribution is -2.44. The van der Waals surface area contributed by atoms with Crippen LogP contribution in [0.25, 0.3) is 0 Å². The van der Waals surface area contributed by atoms with Gasteiger partial charge in [-0.1, -0.05) is 0 Å². The van der Waals surface area contributed by atoms with E-state index in [9.17, 15) is 4.79 Å². The van der Waals surface area contributed by atoms with Gasteiger partial charge in [0.2, 0.25) is 5.91 Å². The molecule has 0 atom stereocenters. The molecular weight excluding hydrogens is 398 g/mol. The van der Waals surface area contributed by atoms with E-state index in [1.54, 1.807) is 0 Å². The van der Waals surface area contributed by atoms with Crippen LogP contribution in [0.1, 0.15) is 12.6 Å². The highest BCUT2D eigenvalue weighted by molar-refractivity contribution is 7.80. The maximum Gasteiger partial charge on any atom is 0.244 e. The van der Waals surface area contributed by atoms with Crippen LogP contribution in [0.3, 0.4) is 0 Å². The minimum Gasteiger partial charge on any atom is -0.494 e. The Morgan fingerprint density at radius 3 is 2.75 bits per heavy atom. The van der Waals surface area contributed by atoms with Crippen LogP contribution in [0.5, 0.6) is 5.75 Å². The van der Waals surface area contributed by atoms with E-state index >= 15 is 0 Å². The quantitative estimate of drug-likeness (QED) is 0.482. The second kappa shape index (κ2) is 10.2. The molecule has 0 unspecified atom stereocenters. The summed E-state index contributed by atoms with van der Waals surface area (Å²) in [5.41, 5.74) is 6.81. The van der Waals surface area contributed by atoms with Gasteiger partial charge >= 0.3 is 0 Å². The number of rotatable bonds is 6. The number of morpholine rings is 1. The summed E-state index contributed by atoms with van der Waals surface area (Å²) in [6, 6.07) is 7.40. The van der Waals surface area contributed by atoms with Crippen molar-refractivity contribution in [3.63, 3.8) is 0 Å². The minimum atomic E-state index is -0.213. The van der Waals surface area contributed by atoms with Gasteiger partial charge in [0, 0.05) is 24.2 Å². The molecule has 150 valence electrons. The lowest BCUT2D eigenvalue weighted by atomic mass is 10.3. The SMILES string of the molecule is CCOc1ccc(NC(=S)NNC(=O)Cc2csc(N3CCOCC3)n2)cc1. The predicted octanol–water partition coefficient (Wildman–Crippen LogP) is 1.94. The fraction of sp³-hybridized carbons (Fsp3) is 0.389. The molecule has 28 heavy (non-hydrogen) atoms. The van der Waals surface area contributed by atoms with Crippen molar-refractivity contribution in [3.05, 3.63) is 35.3 Å². The number of ether oxygens (including phenoxy) is 2. The largest absolute Gasteiger partial charge is 0.494 e. The maximum absolute atomic E-state index is 12.1. The van der Waals surface area contributed by atoms with Gasteiger partial charge in [-0.25, -0.2) is 4.98 Å². The number of nitrogens with one attached hydrogen (secondary N) is 3. The lowest BCUT2D eigenvalue weighted by molar-refractivity contribution is -0.121. The first-order chi connectivity index (χ1) is 13.6. The topological polar surface area (TPSA) is 87.8 Å². The van der Waals surface area contributed by atoms with Crippen LogP contribution < -0.4 is 25.8 Å². The van der Waals surface area contributed by atoms with Crippen molar-refractivity contribution in [2.75, 3.05) is 43.1 Å². The number of thiocarbonyl (C=S) groups is 1. The van der Waals surface area contributed by atoms with Crippen molar-refractivity contribution < 1.29 is 14.3 Å². The molecule has 1 saturated heterocycles. The Balaban J connectivity index is 1.41. The van der Waals surface area contributed by atoms with Crippen LogP contribution in [-0.4, -0.2) is 48.9 Å². The van der Waals surface area contributed by atoms with E-state index in [1.165, 1.54) is 11.3 Å². The molecule has 10 heteroatoms. The van der Waals surface area contributed by atoms with E-state index in [2.05, 4.69) is 26.1 Å². The molecular formula is C18H23N5O3S2. The Hall–Kier alpha value is -2.43. The third kappa shape index (κ3) is 6.04. The van der Waals surface area contributed by atoms with Crippen molar-refractivity contribution in [2.24, 2.45) is 0 Å². The first-order valence-corrected chi connectivity index (χ1v) is 10.3. The molecule has 1 aliphatic heterocycles. The fourth-order valence-electron chi connectivity index (χ4n) is 2.58. The third-order valence-electron chi connectivity index (χ3n) is 3.90. The van der Waals surface area contributed by atoms with Gasteiger partial charge < -0.3 is 19.7 Å². The second-order valence-electron chi connectivity index (χ2n) is 5.98. The predicted molar refractivity (Wildman–Crippen MR) is 114 cm³/mol. The first kappa shape index (κ1) is 20.3. The number of hydrogen-bond donors (Lipinski definition) is 3. The van der Waals surface area contributed by atoms with Gasteiger partial charge in [0.15, 0.2) is 10.2 Å². The van der Waals surface area contributed by atoms with Gasteiger partial charge in [-0.05, 0) is 43.4 Å². The molecule has 3 N–H and O–H groups in total. The monoisotopic (exact) mass is 421 g/mol. The van der Waals surface area contributed by atoms with Gasteiger partial charge in [0.25, 0.3) is 0 Å². The van der Waals surface area contributed by atoms with Crippen molar-refractivity contribution in [1.82, 2.24) is 15.8 Å². The lowest BCUT2D eigenvalue weighted by Gasteiger charge is -2.26. The number of amides is 1. The van der Waals surface area contributed by atoms with E-state index in [0.717, 1.165) is 35.4 Å². The Bertz CT molecular complexity index is 791. The average Bonchev–Trinajstić information content (AvgIpc) is 3.17. The van der Waals surface area contributed by atoms with E-state index < -0.39 is 0 Å². The molecule has 1 fully saturated rings. The summed E-state index contributed by atoms with van der Waals surface area (Å²) >= 11 is 6.73.